The van der Waals surface area contributed by atoms with Crippen LogP contribution in [0.4, 0.5) is 11.1 Å². The lowest BCUT2D eigenvalue weighted by Gasteiger charge is -2.36. The second-order valence-electron chi connectivity index (χ2n) is 6.57. The molecule has 1 amide bonds. The van der Waals surface area contributed by atoms with Gasteiger partial charge < -0.3 is 20.9 Å². The predicted molar refractivity (Wildman–Crippen MR) is 95.4 cm³/mol. The number of hydrogen-bond acceptors (Lipinski definition) is 8. The topological polar surface area (TPSA) is 105 Å². The second kappa shape index (κ2) is 6.60. The van der Waals surface area contributed by atoms with Crippen LogP contribution in [-0.2, 0) is 11.8 Å². The lowest BCUT2D eigenvalue weighted by molar-refractivity contribution is -0.135. The van der Waals surface area contributed by atoms with Crippen molar-refractivity contribution in [1.82, 2.24) is 29.4 Å². The number of nitrogen functional groups attached to an aromatic ring is 1. The number of nitrogens with one attached hydrogen (secondary N) is 1. The van der Waals surface area contributed by atoms with Gasteiger partial charge in [0.2, 0.25) is 17.0 Å². The minimum Gasteiger partial charge on any atom is -0.367 e. The van der Waals surface area contributed by atoms with E-state index in [1.165, 1.54) is 11.5 Å². The SMILES string of the molecule is Cn1cc([C@H]2CNC[C@@H]2C(=O)N2CCN(c3nc(N)ns3)CC2)cn1. The molecule has 4 rings (SSSR count). The number of aryl methyl sites for hydroxylation is 1. The van der Waals surface area contributed by atoms with Gasteiger partial charge in [-0.15, -0.1) is 0 Å². The van der Waals surface area contributed by atoms with E-state index < -0.39 is 0 Å². The maximum Gasteiger partial charge on any atom is 0.233 e. The van der Waals surface area contributed by atoms with Crippen molar-refractivity contribution < 1.29 is 4.79 Å². The Hall–Kier alpha value is -2.20. The summed E-state index contributed by atoms with van der Waals surface area (Å²) in [6.45, 7) is 4.48. The van der Waals surface area contributed by atoms with Gasteiger partial charge >= 0.3 is 0 Å². The highest BCUT2D eigenvalue weighted by molar-refractivity contribution is 7.09. The highest BCUT2D eigenvalue weighted by Crippen LogP contribution is 2.30. The van der Waals surface area contributed by atoms with Crippen molar-refractivity contribution in [1.29, 1.82) is 0 Å². The molecule has 9 nitrogen and oxygen atoms in total. The van der Waals surface area contributed by atoms with E-state index in [4.69, 9.17) is 5.73 Å². The zero-order valence-electron chi connectivity index (χ0n) is 14.1. The van der Waals surface area contributed by atoms with Crippen molar-refractivity contribution in [2.75, 3.05) is 49.9 Å². The molecule has 2 aliphatic rings. The van der Waals surface area contributed by atoms with E-state index in [9.17, 15) is 4.79 Å². The van der Waals surface area contributed by atoms with Gasteiger partial charge in [0.1, 0.15) is 0 Å². The first-order valence-electron chi connectivity index (χ1n) is 8.44. The van der Waals surface area contributed by atoms with E-state index in [1.54, 1.807) is 4.68 Å². The van der Waals surface area contributed by atoms with Crippen molar-refractivity contribution >= 4 is 28.5 Å². The maximum atomic E-state index is 13.0. The molecule has 10 heteroatoms. The van der Waals surface area contributed by atoms with Crippen LogP contribution in [0, 0.1) is 5.92 Å². The van der Waals surface area contributed by atoms with Gasteiger partial charge in [-0.05, 0) is 5.56 Å². The summed E-state index contributed by atoms with van der Waals surface area (Å²) in [4.78, 5) is 21.4. The van der Waals surface area contributed by atoms with Gasteiger partial charge in [0.15, 0.2) is 0 Å². The van der Waals surface area contributed by atoms with Crippen LogP contribution in [0.3, 0.4) is 0 Å². The number of aromatic nitrogens is 4. The molecular weight excluding hydrogens is 340 g/mol. The Morgan fingerprint density at radius 2 is 2.12 bits per heavy atom. The number of nitrogens with zero attached hydrogens (tertiary/aromatic N) is 6. The molecule has 0 bridgehead atoms. The molecule has 2 fully saturated rings. The largest absolute Gasteiger partial charge is 0.367 e. The first-order valence-corrected chi connectivity index (χ1v) is 9.21. The summed E-state index contributed by atoms with van der Waals surface area (Å²) in [5, 5.41) is 8.44. The molecule has 2 atom stereocenters. The Morgan fingerprint density at radius 1 is 1.32 bits per heavy atom. The number of amides is 1. The molecule has 2 aliphatic heterocycles. The molecule has 3 N–H and O–H groups in total. The molecule has 0 saturated carbocycles. The fraction of sp³-hybridized carbons (Fsp3) is 0.600. The van der Waals surface area contributed by atoms with Crippen LogP contribution in [0.15, 0.2) is 12.4 Å². The van der Waals surface area contributed by atoms with Crippen LogP contribution in [0.2, 0.25) is 0 Å². The standard InChI is InChI=1S/C15H22N8OS/c1-21-9-10(6-18-21)11-7-17-8-12(11)13(24)22-2-4-23(5-3-22)15-19-14(16)20-25-15/h6,9,11-12,17H,2-5,7-8H2,1H3,(H2,16,20)/t11-,12+/m1/s1. The fourth-order valence-corrected chi connectivity index (χ4v) is 4.28. The third-order valence-corrected chi connectivity index (χ3v) is 5.77. The first-order chi connectivity index (χ1) is 12.1. The lowest BCUT2D eigenvalue weighted by Crippen LogP contribution is -2.51. The second-order valence-corrected chi connectivity index (χ2v) is 7.30. The molecule has 2 aromatic heterocycles. The van der Waals surface area contributed by atoms with E-state index in [-0.39, 0.29) is 17.7 Å². The zero-order chi connectivity index (χ0) is 17.4. The smallest absolute Gasteiger partial charge is 0.233 e. The molecule has 2 saturated heterocycles. The first kappa shape index (κ1) is 16.3. The number of piperazine rings is 1. The summed E-state index contributed by atoms with van der Waals surface area (Å²) in [6.07, 6.45) is 3.88. The van der Waals surface area contributed by atoms with Gasteiger partial charge in [-0.3, -0.25) is 9.48 Å². The van der Waals surface area contributed by atoms with Crippen LogP contribution in [0.1, 0.15) is 11.5 Å². The third-order valence-electron chi connectivity index (χ3n) is 4.98. The number of anilines is 2. The van der Waals surface area contributed by atoms with Gasteiger partial charge in [0.05, 0.1) is 12.1 Å². The van der Waals surface area contributed by atoms with Crippen LogP contribution in [0.5, 0.6) is 0 Å². The summed E-state index contributed by atoms with van der Waals surface area (Å²) < 4.78 is 5.82. The fourth-order valence-electron chi connectivity index (χ4n) is 3.63. The molecular formula is C15H22N8OS. The number of nitrogens with two attached hydrogens (primary N) is 1. The van der Waals surface area contributed by atoms with E-state index in [2.05, 4.69) is 24.7 Å². The number of carbonyl (C=O) groups is 1. The van der Waals surface area contributed by atoms with Crippen molar-refractivity contribution in [2.45, 2.75) is 5.92 Å². The summed E-state index contributed by atoms with van der Waals surface area (Å²) in [6, 6.07) is 0. The average Bonchev–Trinajstić information content (AvgIpc) is 3.34. The molecule has 0 aliphatic carbocycles. The molecule has 0 spiro atoms. The molecule has 0 unspecified atom stereocenters. The minimum atomic E-state index is -0.0204. The lowest BCUT2D eigenvalue weighted by atomic mass is 9.89. The Balaban J connectivity index is 1.40. The highest BCUT2D eigenvalue weighted by Gasteiger charge is 2.38. The van der Waals surface area contributed by atoms with Crippen LogP contribution >= 0.6 is 11.5 Å². The quantitative estimate of drug-likeness (QED) is 0.759. The van der Waals surface area contributed by atoms with Crippen molar-refractivity contribution in [2.24, 2.45) is 13.0 Å². The molecule has 2 aromatic rings. The Labute approximate surface area is 150 Å². The summed E-state index contributed by atoms with van der Waals surface area (Å²) in [5.41, 5.74) is 6.73. The average molecular weight is 362 g/mol. The van der Waals surface area contributed by atoms with Crippen molar-refractivity contribution in [3.63, 3.8) is 0 Å². The summed E-state index contributed by atoms with van der Waals surface area (Å²) in [7, 11) is 1.90. The van der Waals surface area contributed by atoms with Crippen LogP contribution in [0.25, 0.3) is 0 Å². The van der Waals surface area contributed by atoms with E-state index in [0.29, 0.717) is 19.0 Å². The highest BCUT2D eigenvalue weighted by atomic mass is 32.1. The molecule has 0 radical (unpaired) electrons. The Morgan fingerprint density at radius 3 is 2.76 bits per heavy atom. The molecule has 134 valence electrons. The third kappa shape index (κ3) is 3.19. The van der Waals surface area contributed by atoms with Gasteiger partial charge in [-0.25, -0.2) is 0 Å². The van der Waals surface area contributed by atoms with Crippen LogP contribution < -0.4 is 16.0 Å². The monoisotopic (exact) mass is 362 g/mol. The molecule has 25 heavy (non-hydrogen) atoms. The van der Waals surface area contributed by atoms with Crippen LogP contribution in [-0.4, -0.2) is 69.2 Å². The molecule has 0 aromatic carbocycles. The summed E-state index contributed by atoms with van der Waals surface area (Å²) >= 11 is 1.31. The van der Waals surface area contributed by atoms with Gasteiger partial charge in [-0.2, -0.15) is 14.5 Å². The van der Waals surface area contributed by atoms with Gasteiger partial charge in [-0.1, -0.05) is 0 Å². The summed E-state index contributed by atoms with van der Waals surface area (Å²) in [5.74, 6) is 0.722. The number of rotatable bonds is 3. The van der Waals surface area contributed by atoms with E-state index in [0.717, 1.165) is 36.9 Å². The normalized spacial score (nSPS) is 24.0. The predicted octanol–water partition coefficient (Wildman–Crippen LogP) is -0.494. The van der Waals surface area contributed by atoms with E-state index >= 15 is 0 Å². The van der Waals surface area contributed by atoms with Crippen molar-refractivity contribution in [3.8, 4) is 0 Å². The Bertz CT molecular complexity index is 750. The minimum absolute atomic E-state index is 0.0204. The van der Waals surface area contributed by atoms with E-state index in [1.807, 2.05) is 24.3 Å². The maximum absolute atomic E-state index is 13.0. The Kier molecular flexibility index (Phi) is 4.30. The number of hydrogen-bond donors (Lipinski definition) is 2. The van der Waals surface area contributed by atoms with Gasteiger partial charge in [0.25, 0.3) is 0 Å². The number of carbonyl (C=O) groups excluding carboxylic acids is 1. The van der Waals surface area contributed by atoms with Gasteiger partial charge in [0, 0.05) is 70.0 Å². The zero-order valence-corrected chi connectivity index (χ0v) is 14.9. The van der Waals surface area contributed by atoms with Crippen molar-refractivity contribution in [3.05, 3.63) is 18.0 Å². The molecule has 4 heterocycles.